The van der Waals surface area contributed by atoms with Gasteiger partial charge in [0.25, 0.3) is 5.56 Å². The molecule has 0 unspecified atom stereocenters. The maximum Gasteiger partial charge on any atom is 0.259 e. The number of rotatable bonds is 4. The van der Waals surface area contributed by atoms with E-state index in [1.807, 2.05) is 0 Å². The van der Waals surface area contributed by atoms with Crippen molar-refractivity contribution in [3.05, 3.63) is 56.5 Å². The predicted octanol–water partition coefficient (Wildman–Crippen LogP) is 4.99. The van der Waals surface area contributed by atoms with Crippen LogP contribution in [0.15, 0.2) is 23.0 Å². The van der Waals surface area contributed by atoms with Crippen LogP contribution < -0.4 is 10.9 Å². The van der Waals surface area contributed by atoms with Crippen LogP contribution >= 0.6 is 11.3 Å². The molecule has 0 saturated carbocycles. The number of aromatic nitrogens is 2. The summed E-state index contributed by atoms with van der Waals surface area (Å²) in [5, 5.41) is 3.14. The molecule has 1 aliphatic carbocycles. The van der Waals surface area contributed by atoms with Crippen LogP contribution in [0.3, 0.4) is 0 Å². The summed E-state index contributed by atoms with van der Waals surface area (Å²) in [4.78, 5) is 34.3. The van der Waals surface area contributed by atoms with Crippen molar-refractivity contribution in [3.8, 4) is 0 Å². The minimum absolute atomic E-state index is 0.0315. The standard InChI is InChI=1S/C23H25F2N3O2S/c1-23(2,3)12-4-5-16-17(8-12)31-22-20(16)21(30)27-18(28-22)6-7-19(29)26-15-10-13(24)9-14(25)11-15/h9-12H,4-8H2,1-3H3,(H,26,29)(H,27,28,30)/t12-/m0/s1. The molecule has 3 aromatic rings. The molecule has 0 bridgehead atoms. The van der Waals surface area contributed by atoms with Gasteiger partial charge in [-0.1, -0.05) is 20.8 Å². The Morgan fingerprint density at radius 2 is 1.97 bits per heavy atom. The van der Waals surface area contributed by atoms with E-state index in [0.29, 0.717) is 22.0 Å². The number of halogens is 2. The Hall–Kier alpha value is -2.61. The Kier molecular flexibility index (Phi) is 5.68. The molecule has 2 aromatic heterocycles. The summed E-state index contributed by atoms with van der Waals surface area (Å²) in [7, 11) is 0. The first-order valence-corrected chi connectivity index (χ1v) is 11.2. The van der Waals surface area contributed by atoms with Gasteiger partial charge in [-0.2, -0.15) is 0 Å². The number of aryl methyl sites for hydroxylation is 2. The molecule has 0 aliphatic heterocycles. The number of amides is 1. The van der Waals surface area contributed by atoms with Crippen LogP contribution in [-0.2, 0) is 24.1 Å². The Bertz CT molecular complexity index is 1190. The molecule has 1 amide bonds. The van der Waals surface area contributed by atoms with E-state index >= 15 is 0 Å². The fourth-order valence-electron chi connectivity index (χ4n) is 4.17. The molecule has 0 saturated heterocycles. The second-order valence-electron chi connectivity index (χ2n) is 9.21. The van der Waals surface area contributed by atoms with Crippen molar-refractivity contribution in [1.29, 1.82) is 0 Å². The molecular formula is C23H25F2N3O2S. The number of hydrogen-bond donors (Lipinski definition) is 2. The van der Waals surface area contributed by atoms with Gasteiger partial charge >= 0.3 is 0 Å². The SMILES string of the molecule is CC(C)(C)[C@H]1CCc2c(sc3nc(CCC(=O)Nc4cc(F)cc(F)c4)[nH]c(=O)c23)C1. The number of H-pyrrole nitrogens is 1. The van der Waals surface area contributed by atoms with Gasteiger partial charge in [0, 0.05) is 29.5 Å². The van der Waals surface area contributed by atoms with Crippen molar-refractivity contribution < 1.29 is 13.6 Å². The van der Waals surface area contributed by atoms with Crippen LogP contribution in [0.25, 0.3) is 10.2 Å². The van der Waals surface area contributed by atoms with Gasteiger partial charge in [0.15, 0.2) is 0 Å². The van der Waals surface area contributed by atoms with E-state index in [1.165, 1.54) is 4.88 Å². The second kappa shape index (κ2) is 8.15. The minimum atomic E-state index is -0.762. The quantitative estimate of drug-likeness (QED) is 0.594. The van der Waals surface area contributed by atoms with Crippen molar-refractivity contribution in [2.75, 3.05) is 5.32 Å². The summed E-state index contributed by atoms with van der Waals surface area (Å²) < 4.78 is 26.5. The first-order chi connectivity index (χ1) is 14.6. The van der Waals surface area contributed by atoms with Gasteiger partial charge in [-0.25, -0.2) is 13.8 Å². The average molecular weight is 446 g/mol. The zero-order chi connectivity index (χ0) is 22.3. The molecule has 5 nitrogen and oxygen atoms in total. The van der Waals surface area contributed by atoms with Crippen molar-refractivity contribution in [1.82, 2.24) is 9.97 Å². The number of nitrogens with one attached hydrogen (secondary N) is 2. The number of nitrogens with zero attached hydrogens (tertiary/aromatic N) is 1. The van der Waals surface area contributed by atoms with E-state index in [9.17, 15) is 18.4 Å². The smallest absolute Gasteiger partial charge is 0.259 e. The molecule has 4 rings (SSSR count). The van der Waals surface area contributed by atoms with E-state index < -0.39 is 17.5 Å². The van der Waals surface area contributed by atoms with E-state index in [0.717, 1.165) is 43.0 Å². The third-order valence-electron chi connectivity index (χ3n) is 5.93. The second-order valence-corrected chi connectivity index (χ2v) is 10.3. The largest absolute Gasteiger partial charge is 0.326 e. The van der Waals surface area contributed by atoms with Crippen LogP contribution in [0.2, 0.25) is 0 Å². The zero-order valence-electron chi connectivity index (χ0n) is 17.8. The van der Waals surface area contributed by atoms with Gasteiger partial charge in [-0.3, -0.25) is 9.59 Å². The van der Waals surface area contributed by atoms with Gasteiger partial charge in [-0.05, 0) is 48.3 Å². The number of fused-ring (bicyclic) bond motifs is 3. The number of hydrogen-bond acceptors (Lipinski definition) is 4. The van der Waals surface area contributed by atoms with E-state index in [-0.39, 0.29) is 29.5 Å². The summed E-state index contributed by atoms with van der Waals surface area (Å²) >= 11 is 1.57. The molecule has 1 aromatic carbocycles. The molecule has 31 heavy (non-hydrogen) atoms. The molecule has 8 heteroatoms. The van der Waals surface area contributed by atoms with Crippen LogP contribution in [0, 0.1) is 23.0 Å². The molecule has 2 heterocycles. The van der Waals surface area contributed by atoms with E-state index in [4.69, 9.17) is 0 Å². The summed E-state index contributed by atoms with van der Waals surface area (Å²) in [6.45, 7) is 6.76. The van der Waals surface area contributed by atoms with Crippen LogP contribution in [0.4, 0.5) is 14.5 Å². The van der Waals surface area contributed by atoms with Crippen molar-refractivity contribution in [2.45, 2.75) is 52.9 Å². The lowest BCUT2D eigenvalue weighted by Crippen LogP contribution is -2.26. The van der Waals surface area contributed by atoms with Gasteiger partial charge < -0.3 is 10.3 Å². The summed E-state index contributed by atoms with van der Waals surface area (Å²) in [6.07, 6.45) is 3.16. The van der Waals surface area contributed by atoms with Crippen LogP contribution in [0.5, 0.6) is 0 Å². The average Bonchev–Trinajstić information content (AvgIpc) is 3.03. The third kappa shape index (κ3) is 4.69. The Morgan fingerprint density at radius 1 is 1.26 bits per heavy atom. The number of carbonyl (C=O) groups excluding carboxylic acids is 1. The Labute approximate surface area is 182 Å². The molecule has 1 aliphatic rings. The molecule has 1 atom stereocenters. The van der Waals surface area contributed by atoms with Crippen molar-refractivity contribution in [3.63, 3.8) is 0 Å². The highest BCUT2D eigenvalue weighted by Gasteiger charge is 2.31. The molecular weight excluding hydrogens is 420 g/mol. The highest BCUT2D eigenvalue weighted by molar-refractivity contribution is 7.18. The van der Waals surface area contributed by atoms with E-state index in [2.05, 4.69) is 36.1 Å². The normalized spacial score (nSPS) is 16.4. The lowest BCUT2D eigenvalue weighted by molar-refractivity contribution is -0.116. The van der Waals surface area contributed by atoms with Gasteiger partial charge in [-0.15, -0.1) is 11.3 Å². The number of thiophene rings is 1. The fraction of sp³-hybridized carbons (Fsp3) is 0.435. The molecule has 0 radical (unpaired) electrons. The summed E-state index contributed by atoms with van der Waals surface area (Å²) in [5.74, 6) is -0.928. The number of anilines is 1. The first kappa shape index (κ1) is 21.6. The van der Waals surface area contributed by atoms with Crippen LogP contribution in [-0.4, -0.2) is 15.9 Å². The van der Waals surface area contributed by atoms with Gasteiger partial charge in [0.05, 0.1) is 5.39 Å². The highest BCUT2D eigenvalue weighted by atomic mass is 32.1. The fourth-order valence-corrected chi connectivity index (χ4v) is 5.49. The highest BCUT2D eigenvalue weighted by Crippen LogP contribution is 2.41. The maximum atomic E-state index is 13.3. The van der Waals surface area contributed by atoms with Gasteiger partial charge in [0.1, 0.15) is 22.3 Å². The first-order valence-electron chi connectivity index (χ1n) is 10.4. The van der Waals surface area contributed by atoms with Crippen molar-refractivity contribution in [2.24, 2.45) is 11.3 Å². The molecule has 164 valence electrons. The molecule has 0 fully saturated rings. The maximum absolute atomic E-state index is 13.3. The van der Waals surface area contributed by atoms with Crippen LogP contribution in [0.1, 0.15) is 49.9 Å². The summed E-state index contributed by atoms with van der Waals surface area (Å²) in [5.41, 5.74) is 1.22. The zero-order valence-corrected chi connectivity index (χ0v) is 18.6. The Balaban J connectivity index is 1.49. The summed E-state index contributed by atoms with van der Waals surface area (Å²) in [6, 6.07) is 2.84. The predicted molar refractivity (Wildman–Crippen MR) is 119 cm³/mol. The van der Waals surface area contributed by atoms with Crippen molar-refractivity contribution >= 4 is 33.1 Å². The number of benzene rings is 1. The number of aromatic amines is 1. The molecule has 2 N–H and O–H groups in total. The lowest BCUT2D eigenvalue weighted by atomic mass is 9.72. The molecule has 0 spiro atoms. The Morgan fingerprint density at radius 3 is 2.65 bits per heavy atom. The number of carbonyl (C=O) groups is 1. The van der Waals surface area contributed by atoms with Gasteiger partial charge in [0.2, 0.25) is 5.91 Å². The topological polar surface area (TPSA) is 74.8 Å². The van der Waals surface area contributed by atoms with E-state index in [1.54, 1.807) is 11.3 Å². The monoisotopic (exact) mass is 445 g/mol. The third-order valence-corrected chi connectivity index (χ3v) is 7.08. The minimum Gasteiger partial charge on any atom is -0.326 e. The lowest BCUT2D eigenvalue weighted by Gasteiger charge is -2.33.